The Bertz CT molecular complexity index is 373. The van der Waals surface area contributed by atoms with Crippen molar-refractivity contribution in [1.29, 1.82) is 0 Å². The second-order valence-electron chi connectivity index (χ2n) is 4.21. The minimum atomic E-state index is -2.77. The van der Waals surface area contributed by atoms with E-state index in [-0.39, 0.29) is 12.8 Å². The Labute approximate surface area is 91.1 Å². The Kier molecular flexibility index (Phi) is 2.69. The van der Waals surface area contributed by atoms with Crippen LogP contribution in [0.1, 0.15) is 30.7 Å². The van der Waals surface area contributed by atoms with Crippen LogP contribution in [0.2, 0.25) is 0 Å². The van der Waals surface area contributed by atoms with E-state index >= 15 is 0 Å². The van der Waals surface area contributed by atoms with Gasteiger partial charge >= 0.3 is 5.97 Å². The number of carboxylic acid groups (broad SMARTS) is 1. The normalized spacial score (nSPS) is 28.9. The first-order chi connectivity index (χ1) is 7.49. The number of rotatable bonds is 2. The first kappa shape index (κ1) is 11.1. The molecule has 1 heterocycles. The van der Waals surface area contributed by atoms with E-state index in [1.165, 1.54) is 12.5 Å². The number of carboxylic acids is 1. The van der Waals surface area contributed by atoms with Gasteiger partial charge in [0.15, 0.2) is 0 Å². The Morgan fingerprint density at radius 3 is 2.88 bits per heavy atom. The average Bonchev–Trinajstić information content (AvgIpc) is 2.68. The zero-order valence-electron chi connectivity index (χ0n) is 8.53. The average molecular weight is 230 g/mol. The molecule has 0 bridgehead atoms. The predicted molar refractivity (Wildman–Crippen MR) is 51.4 cm³/mol. The number of alkyl halides is 2. The molecular weight excluding hydrogens is 218 g/mol. The van der Waals surface area contributed by atoms with Gasteiger partial charge in [-0.3, -0.25) is 4.79 Å². The van der Waals surface area contributed by atoms with Crippen molar-refractivity contribution >= 4 is 5.97 Å². The topological polar surface area (TPSA) is 50.4 Å². The van der Waals surface area contributed by atoms with Gasteiger partial charge in [0.05, 0.1) is 18.4 Å². The van der Waals surface area contributed by atoms with Crippen LogP contribution in [0.4, 0.5) is 8.78 Å². The molecule has 2 rings (SSSR count). The molecule has 0 saturated heterocycles. The standard InChI is InChI=1S/C11H12F2O3/c12-11(13)3-1-8(10(14)15)9(5-11)7-2-4-16-6-7/h2,4,6,8-9H,1,3,5H2,(H,14,15)/t8-,9+/m1/s1. The fourth-order valence-electron chi connectivity index (χ4n) is 2.27. The van der Waals surface area contributed by atoms with Crippen LogP contribution in [0, 0.1) is 5.92 Å². The van der Waals surface area contributed by atoms with Crippen LogP contribution in [-0.2, 0) is 4.79 Å². The van der Waals surface area contributed by atoms with Crippen molar-refractivity contribution in [3.05, 3.63) is 24.2 Å². The van der Waals surface area contributed by atoms with E-state index in [2.05, 4.69) is 0 Å². The molecule has 0 unspecified atom stereocenters. The van der Waals surface area contributed by atoms with Crippen LogP contribution in [0.15, 0.2) is 23.0 Å². The van der Waals surface area contributed by atoms with Crippen molar-refractivity contribution in [2.75, 3.05) is 0 Å². The van der Waals surface area contributed by atoms with Crippen molar-refractivity contribution in [2.45, 2.75) is 31.1 Å². The van der Waals surface area contributed by atoms with Gasteiger partial charge in [-0.05, 0) is 18.1 Å². The summed E-state index contributed by atoms with van der Waals surface area (Å²) in [5.74, 6) is -5.17. The summed E-state index contributed by atoms with van der Waals surface area (Å²) in [5, 5.41) is 9.00. The summed E-state index contributed by atoms with van der Waals surface area (Å²) in [6, 6.07) is 1.56. The summed E-state index contributed by atoms with van der Waals surface area (Å²) in [6.45, 7) is 0. The summed E-state index contributed by atoms with van der Waals surface area (Å²) in [6.07, 6.45) is 1.98. The fourth-order valence-corrected chi connectivity index (χ4v) is 2.27. The Morgan fingerprint density at radius 2 is 2.31 bits per heavy atom. The minimum absolute atomic E-state index is 0.0121. The van der Waals surface area contributed by atoms with Crippen LogP contribution in [0.3, 0.4) is 0 Å². The molecule has 0 amide bonds. The molecule has 0 radical (unpaired) electrons. The van der Waals surface area contributed by atoms with Gasteiger partial charge in [0, 0.05) is 18.8 Å². The highest BCUT2D eigenvalue weighted by Crippen LogP contribution is 2.45. The first-order valence-electron chi connectivity index (χ1n) is 5.12. The third-order valence-electron chi connectivity index (χ3n) is 3.11. The van der Waals surface area contributed by atoms with Crippen LogP contribution in [-0.4, -0.2) is 17.0 Å². The molecular formula is C11H12F2O3. The zero-order valence-corrected chi connectivity index (χ0v) is 8.53. The molecule has 88 valence electrons. The number of aliphatic carboxylic acids is 1. The molecule has 1 fully saturated rings. The summed E-state index contributed by atoms with van der Waals surface area (Å²) < 4.78 is 31.3. The molecule has 1 aliphatic rings. The van der Waals surface area contributed by atoms with Gasteiger partial charge < -0.3 is 9.52 Å². The lowest BCUT2D eigenvalue weighted by molar-refractivity contribution is -0.147. The van der Waals surface area contributed by atoms with Gasteiger partial charge in [-0.1, -0.05) is 0 Å². The SMILES string of the molecule is O=C(O)[C@@H]1CCC(F)(F)C[C@H]1c1ccoc1. The third-order valence-corrected chi connectivity index (χ3v) is 3.11. The monoisotopic (exact) mass is 230 g/mol. The molecule has 0 aliphatic heterocycles. The lowest BCUT2D eigenvalue weighted by Gasteiger charge is -2.33. The lowest BCUT2D eigenvalue weighted by atomic mass is 9.74. The number of hydrogen-bond donors (Lipinski definition) is 1. The molecule has 1 saturated carbocycles. The van der Waals surface area contributed by atoms with E-state index in [9.17, 15) is 13.6 Å². The fraction of sp³-hybridized carbons (Fsp3) is 0.545. The van der Waals surface area contributed by atoms with Crippen LogP contribution in [0.25, 0.3) is 0 Å². The second kappa shape index (κ2) is 3.88. The summed E-state index contributed by atoms with van der Waals surface area (Å²) >= 11 is 0. The maximum Gasteiger partial charge on any atom is 0.307 e. The van der Waals surface area contributed by atoms with E-state index in [1.807, 2.05) is 0 Å². The predicted octanol–water partition coefficient (Wildman–Crippen LogP) is 2.88. The molecule has 0 spiro atoms. The van der Waals surface area contributed by atoms with E-state index < -0.39 is 30.1 Å². The minimum Gasteiger partial charge on any atom is -0.481 e. The van der Waals surface area contributed by atoms with Crippen molar-refractivity contribution in [3.8, 4) is 0 Å². The zero-order chi connectivity index (χ0) is 11.8. The summed E-state index contributed by atoms with van der Waals surface area (Å²) in [7, 11) is 0. The Hall–Kier alpha value is -1.39. The summed E-state index contributed by atoms with van der Waals surface area (Å²) in [5.41, 5.74) is 0.548. The first-order valence-corrected chi connectivity index (χ1v) is 5.12. The van der Waals surface area contributed by atoms with Gasteiger partial charge in [-0.15, -0.1) is 0 Å². The van der Waals surface area contributed by atoms with Crippen molar-refractivity contribution in [2.24, 2.45) is 5.92 Å². The molecule has 16 heavy (non-hydrogen) atoms. The Balaban J connectivity index is 2.25. The number of furan rings is 1. The largest absolute Gasteiger partial charge is 0.481 e. The Morgan fingerprint density at radius 1 is 1.56 bits per heavy atom. The van der Waals surface area contributed by atoms with Gasteiger partial charge in [-0.25, -0.2) is 8.78 Å². The van der Waals surface area contributed by atoms with Crippen LogP contribution >= 0.6 is 0 Å². The van der Waals surface area contributed by atoms with E-state index in [1.54, 1.807) is 6.07 Å². The molecule has 2 atom stereocenters. The summed E-state index contributed by atoms with van der Waals surface area (Å²) in [4.78, 5) is 11.0. The molecule has 5 heteroatoms. The van der Waals surface area contributed by atoms with Gasteiger partial charge in [0.25, 0.3) is 0 Å². The molecule has 1 aliphatic carbocycles. The number of carbonyl (C=O) groups is 1. The molecule has 1 aromatic rings. The highest BCUT2D eigenvalue weighted by molar-refractivity contribution is 5.71. The van der Waals surface area contributed by atoms with Crippen LogP contribution in [0.5, 0.6) is 0 Å². The molecule has 1 aromatic heterocycles. The maximum absolute atomic E-state index is 13.3. The van der Waals surface area contributed by atoms with Gasteiger partial charge in [-0.2, -0.15) is 0 Å². The van der Waals surface area contributed by atoms with Crippen molar-refractivity contribution in [3.63, 3.8) is 0 Å². The van der Waals surface area contributed by atoms with E-state index in [4.69, 9.17) is 9.52 Å². The smallest absolute Gasteiger partial charge is 0.307 e. The maximum atomic E-state index is 13.3. The molecule has 0 aromatic carbocycles. The van der Waals surface area contributed by atoms with Crippen molar-refractivity contribution in [1.82, 2.24) is 0 Å². The number of halogens is 2. The highest BCUT2D eigenvalue weighted by Gasteiger charge is 2.45. The number of hydrogen-bond acceptors (Lipinski definition) is 2. The molecule has 3 nitrogen and oxygen atoms in total. The lowest BCUT2D eigenvalue weighted by Crippen LogP contribution is -2.34. The van der Waals surface area contributed by atoms with E-state index in [0.717, 1.165) is 0 Å². The van der Waals surface area contributed by atoms with Gasteiger partial charge in [0.2, 0.25) is 5.92 Å². The van der Waals surface area contributed by atoms with Crippen molar-refractivity contribution < 1.29 is 23.1 Å². The van der Waals surface area contributed by atoms with E-state index in [0.29, 0.717) is 5.56 Å². The second-order valence-corrected chi connectivity index (χ2v) is 4.21. The van der Waals surface area contributed by atoms with Crippen LogP contribution < -0.4 is 0 Å². The quantitative estimate of drug-likeness (QED) is 0.849. The third kappa shape index (κ3) is 2.08. The molecule has 1 N–H and O–H groups in total. The highest BCUT2D eigenvalue weighted by atomic mass is 19.3. The van der Waals surface area contributed by atoms with Gasteiger partial charge in [0.1, 0.15) is 0 Å².